The average Bonchev–Trinajstić information content (AvgIpc) is 2.29. The molecule has 0 aromatic heterocycles. The number of hydrogen-bond donors (Lipinski definition) is 2. The van der Waals surface area contributed by atoms with Crippen molar-refractivity contribution in [3.8, 4) is 0 Å². The first-order chi connectivity index (χ1) is 7.65. The van der Waals surface area contributed by atoms with Crippen LogP contribution in [0.25, 0.3) is 0 Å². The Kier molecular flexibility index (Phi) is 9.24. The zero-order chi connectivity index (χ0) is 12.4. The summed E-state index contributed by atoms with van der Waals surface area (Å²) in [6.07, 6.45) is 1.09. The first-order valence-electron chi connectivity index (χ1n) is 6.39. The molecule has 0 aromatic rings. The van der Waals surface area contributed by atoms with Crippen molar-refractivity contribution < 1.29 is 4.79 Å². The number of carbonyl (C=O) groups excluding carboxylic acids is 1. The first-order valence-corrected chi connectivity index (χ1v) is 6.39. The maximum Gasteiger partial charge on any atom is 0.236 e. The third-order valence-electron chi connectivity index (χ3n) is 2.74. The Balaban J connectivity index is 3.54. The predicted molar refractivity (Wildman–Crippen MR) is 68.6 cm³/mol. The van der Waals surface area contributed by atoms with Gasteiger partial charge < -0.3 is 15.5 Å². The zero-order valence-corrected chi connectivity index (χ0v) is 11.2. The Morgan fingerprint density at radius 2 is 1.88 bits per heavy atom. The van der Waals surface area contributed by atoms with Gasteiger partial charge in [-0.1, -0.05) is 13.8 Å². The monoisotopic (exact) mass is 229 g/mol. The summed E-state index contributed by atoms with van der Waals surface area (Å²) in [6.45, 7) is 13.1. The van der Waals surface area contributed by atoms with Crippen molar-refractivity contribution in [1.82, 2.24) is 15.5 Å². The largest absolute Gasteiger partial charge is 0.355 e. The van der Waals surface area contributed by atoms with Gasteiger partial charge in [0.1, 0.15) is 0 Å². The van der Waals surface area contributed by atoms with Crippen LogP contribution in [-0.4, -0.2) is 49.6 Å². The molecular weight excluding hydrogens is 202 g/mol. The molecule has 2 N–H and O–H groups in total. The van der Waals surface area contributed by atoms with Crippen LogP contribution in [0.2, 0.25) is 0 Å². The van der Waals surface area contributed by atoms with Crippen LogP contribution in [0, 0.1) is 0 Å². The highest BCUT2D eigenvalue weighted by Gasteiger charge is 2.09. The first kappa shape index (κ1) is 15.4. The molecule has 0 aliphatic rings. The normalized spacial score (nSPS) is 12.8. The van der Waals surface area contributed by atoms with Gasteiger partial charge in [-0.25, -0.2) is 0 Å². The molecule has 1 atom stereocenters. The second-order valence-electron chi connectivity index (χ2n) is 3.95. The molecule has 0 radical (unpaired) electrons. The molecule has 4 heteroatoms. The molecule has 96 valence electrons. The van der Waals surface area contributed by atoms with Gasteiger partial charge in [0.15, 0.2) is 0 Å². The minimum Gasteiger partial charge on any atom is -0.355 e. The molecule has 0 rings (SSSR count). The highest BCUT2D eigenvalue weighted by molar-refractivity contribution is 5.81. The van der Waals surface area contributed by atoms with E-state index in [0.29, 0.717) is 6.54 Å². The van der Waals surface area contributed by atoms with E-state index in [0.717, 1.165) is 32.6 Å². The van der Waals surface area contributed by atoms with E-state index >= 15 is 0 Å². The number of amides is 1. The van der Waals surface area contributed by atoms with Crippen LogP contribution in [0.4, 0.5) is 0 Å². The van der Waals surface area contributed by atoms with Crippen LogP contribution in [0.3, 0.4) is 0 Å². The second-order valence-corrected chi connectivity index (χ2v) is 3.95. The van der Waals surface area contributed by atoms with Gasteiger partial charge in [-0.05, 0) is 46.4 Å². The fraction of sp³-hybridized carbons (Fsp3) is 0.917. The third kappa shape index (κ3) is 6.80. The summed E-state index contributed by atoms with van der Waals surface area (Å²) in [6, 6.07) is -0.0864. The van der Waals surface area contributed by atoms with E-state index in [9.17, 15) is 4.79 Å². The lowest BCUT2D eigenvalue weighted by Gasteiger charge is -2.19. The molecule has 1 unspecified atom stereocenters. The summed E-state index contributed by atoms with van der Waals surface area (Å²) in [5.74, 6) is 0.0883. The number of nitrogens with zero attached hydrogens (tertiary/aromatic N) is 1. The Hall–Kier alpha value is -0.610. The topological polar surface area (TPSA) is 44.4 Å². The SMILES string of the molecule is CCNC(=O)C(C)NCCCN(CC)CC. The van der Waals surface area contributed by atoms with Crippen LogP contribution >= 0.6 is 0 Å². The molecule has 0 aliphatic carbocycles. The standard InChI is InChI=1S/C12H27N3O/c1-5-13-12(16)11(4)14-9-8-10-15(6-2)7-3/h11,14H,5-10H2,1-4H3,(H,13,16). The van der Waals surface area contributed by atoms with E-state index in [1.165, 1.54) is 0 Å². The summed E-state index contributed by atoms with van der Waals surface area (Å²) in [7, 11) is 0. The van der Waals surface area contributed by atoms with Crippen LogP contribution in [0.5, 0.6) is 0 Å². The maximum atomic E-state index is 11.4. The van der Waals surface area contributed by atoms with E-state index < -0.39 is 0 Å². The summed E-state index contributed by atoms with van der Waals surface area (Å²) in [5, 5.41) is 6.04. The van der Waals surface area contributed by atoms with Gasteiger partial charge in [0, 0.05) is 6.54 Å². The number of rotatable bonds is 9. The number of likely N-dealkylation sites (N-methyl/N-ethyl adjacent to an activating group) is 1. The van der Waals surface area contributed by atoms with Gasteiger partial charge in [0.2, 0.25) is 5.91 Å². The minimum atomic E-state index is -0.0864. The highest BCUT2D eigenvalue weighted by Crippen LogP contribution is 1.90. The van der Waals surface area contributed by atoms with Crippen molar-refractivity contribution in [3.05, 3.63) is 0 Å². The number of nitrogens with one attached hydrogen (secondary N) is 2. The van der Waals surface area contributed by atoms with Crippen LogP contribution in [-0.2, 0) is 4.79 Å². The van der Waals surface area contributed by atoms with E-state index in [1.807, 2.05) is 13.8 Å². The van der Waals surface area contributed by atoms with Gasteiger partial charge in [0.25, 0.3) is 0 Å². The Morgan fingerprint density at radius 3 is 2.38 bits per heavy atom. The molecule has 0 heterocycles. The number of hydrogen-bond acceptors (Lipinski definition) is 3. The summed E-state index contributed by atoms with van der Waals surface area (Å²) < 4.78 is 0. The fourth-order valence-corrected chi connectivity index (χ4v) is 1.58. The van der Waals surface area contributed by atoms with Gasteiger partial charge >= 0.3 is 0 Å². The molecule has 0 aromatic carbocycles. The van der Waals surface area contributed by atoms with Crippen LogP contribution in [0.1, 0.15) is 34.1 Å². The summed E-state index contributed by atoms with van der Waals surface area (Å²) >= 11 is 0. The van der Waals surface area contributed by atoms with Crippen molar-refractivity contribution in [2.24, 2.45) is 0 Å². The van der Waals surface area contributed by atoms with Gasteiger partial charge in [-0.3, -0.25) is 4.79 Å². The van der Waals surface area contributed by atoms with E-state index in [2.05, 4.69) is 29.4 Å². The summed E-state index contributed by atoms with van der Waals surface area (Å²) in [4.78, 5) is 13.8. The average molecular weight is 229 g/mol. The molecule has 0 spiro atoms. The smallest absolute Gasteiger partial charge is 0.236 e. The molecular formula is C12H27N3O. The lowest BCUT2D eigenvalue weighted by molar-refractivity contribution is -0.122. The molecule has 0 bridgehead atoms. The Labute approximate surface area is 99.8 Å². The van der Waals surface area contributed by atoms with Gasteiger partial charge in [-0.15, -0.1) is 0 Å². The maximum absolute atomic E-state index is 11.4. The molecule has 0 saturated carbocycles. The van der Waals surface area contributed by atoms with E-state index in [-0.39, 0.29) is 11.9 Å². The third-order valence-corrected chi connectivity index (χ3v) is 2.74. The van der Waals surface area contributed by atoms with Crippen LogP contribution < -0.4 is 10.6 Å². The van der Waals surface area contributed by atoms with Crippen molar-refractivity contribution >= 4 is 5.91 Å². The molecule has 4 nitrogen and oxygen atoms in total. The van der Waals surface area contributed by atoms with Crippen molar-refractivity contribution in [3.63, 3.8) is 0 Å². The lowest BCUT2D eigenvalue weighted by atomic mass is 10.3. The summed E-state index contributed by atoms with van der Waals surface area (Å²) in [5.41, 5.74) is 0. The molecule has 1 amide bonds. The lowest BCUT2D eigenvalue weighted by Crippen LogP contribution is -2.42. The van der Waals surface area contributed by atoms with Crippen molar-refractivity contribution in [2.75, 3.05) is 32.7 Å². The quantitative estimate of drug-likeness (QED) is 0.576. The minimum absolute atomic E-state index is 0.0864. The van der Waals surface area contributed by atoms with Crippen LogP contribution in [0.15, 0.2) is 0 Å². The molecule has 16 heavy (non-hydrogen) atoms. The molecule has 0 fully saturated rings. The van der Waals surface area contributed by atoms with Crippen molar-refractivity contribution in [1.29, 1.82) is 0 Å². The molecule has 0 aliphatic heterocycles. The van der Waals surface area contributed by atoms with E-state index in [1.54, 1.807) is 0 Å². The number of carbonyl (C=O) groups is 1. The van der Waals surface area contributed by atoms with Crippen molar-refractivity contribution in [2.45, 2.75) is 40.2 Å². The van der Waals surface area contributed by atoms with Gasteiger partial charge in [-0.2, -0.15) is 0 Å². The molecule has 0 saturated heterocycles. The van der Waals surface area contributed by atoms with Gasteiger partial charge in [0.05, 0.1) is 6.04 Å². The second kappa shape index (κ2) is 9.60. The Bertz CT molecular complexity index is 181. The fourth-order valence-electron chi connectivity index (χ4n) is 1.58. The highest BCUT2D eigenvalue weighted by atomic mass is 16.2. The zero-order valence-electron chi connectivity index (χ0n) is 11.2. The Morgan fingerprint density at radius 1 is 1.25 bits per heavy atom. The van der Waals surface area contributed by atoms with E-state index in [4.69, 9.17) is 0 Å². The predicted octanol–water partition coefficient (Wildman–Crippen LogP) is 0.833.